The molecular formula is C8H12O2. The van der Waals surface area contributed by atoms with Gasteiger partial charge in [0, 0.05) is 0 Å². The standard InChI is InChI=1S/C8H12O2/c1-4-8-9-6(2)5-7(3)10-8/h1,6-8H,5H2,2-3H3/t6-,7-/m1/s1. The molecule has 1 rings (SSSR count). The molecule has 2 atom stereocenters. The second-order valence-electron chi connectivity index (χ2n) is 2.63. The van der Waals surface area contributed by atoms with Gasteiger partial charge in [-0.25, -0.2) is 0 Å². The first kappa shape index (κ1) is 7.59. The number of rotatable bonds is 0. The van der Waals surface area contributed by atoms with Crippen molar-refractivity contribution >= 4 is 0 Å². The van der Waals surface area contributed by atoms with E-state index in [-0.39, 0.29) is 12.2 Å². The van der Waals surface area contributed by atoms with E-state index in [9.17, 15) is 0 Å². The molecule has 1 aliphatic rings. The van der Waals surface area contributed by atoms with Crippen LogP contribution in [0.15, 0.2) is 0 Å². The Labute approximate surface area is 61.5 Å². The first-order valence-corrected chi connectivity index (χ1v) is 3.49. The molecular weight excluding hydrogens is 128 g/mol. The van der Waals surface area contributed by atoms with Gasteiger partial charge in [0.2, 0.25) is 6.29 Å². The van der Waals surface area contributed by atoms with Crippen molar-refractivity contribution in [3.8, 4) is 12.3 Å². The predicted octanol–water partition coefficient (Wildman–Crippen LogP) is 1.16. The van der Waals surface area contributed by atoms with Gasteiger partial charge in [0.15, 0.2) is 0 Å². The summed E-state index contributed by atoms with van der Waals surface area (Å²) in [5.41, 5.74) is 0. The van der Waals surface area contributed by atoms with Crippen molar-refractivity contribution in [1.82, 2.24) is 0 Å². The van der Waals surface area contributed by atoms with Gasteiger partial charge in [-0.1, -0.05) is 0 Å². The molecule has 0 aromatic rings. The van der Waals surface area contributed by atoms with Crippen LogP contribution in [0.2, 0.25) is 0 Å². The Kier molecular flexibility index (Phi) is 2.31. The van der Waals surface area contributed by atoms with Crippen molar-refractivity contribution in [3.63, 3.8) is 0 Å². The van der Waals surface area contributed by atoms with E-state index < -0.39 is 6.29 Å². The van der Waals surface area contributed by atoms with Crippen LogP contribution >= 0.6 is 0 Å². The smallest absolute Gasteiger partial charge is 0.222 e. The van der Waals surface area contributed by atoms with E-state index in [0.29, 0.717) is 0 Å². The van der Waals surface area contributed by atoms with Crippen LogP contribution in [0.4, 0.5) is 0 Å². The minimum Gasteiger partial charge on any atom is -0.339 e. The fraction of sp³-hybridized carbons (Fsp3) is 0.750. The van der Waals surface area contributed by atoms with Crippen molar-refractivity contribution in [3.05, 3.63) is 0 Å². The van der Waals surface area contributed by atoms with Crippen molar-refractivity contribution in [2.45, 2.75) is 38.8 Å². The summed E-state index contributed by atoms with van der Waals surface area (Å²) in [5.74, 6) is 2.42. The van der Waals surface area contributed by atoms with E-state index >= 15 is 0 Å². The van der Waals surface area contributed by atoms with Gasteiger partial charge in [-0.15, -0.1) is 6.42 Å². The second kappa shape index (κ2) is 3.05. The highest BCUT2D eigenvalue weighted by Gasteiger charge is 2.22. The molecule has 56 valence electrons. The number of hydrogen-bond donors (Lipinski definition) is 0. The average molecular weight is 140 g/mol. The number of terminal acetylenes is 1. The number of ether oxygens (including phenoxy) is 2. The van der Waals surface area contributed by atoms with E-state index in [4.69, 9.17) is 15.9 Å². The van der Waals surface area contributed by atoms with Crippen LogP contribution in [0.3, 0.4) is 0 Å². The van der Waals surface area contributed by atoms with Gasteiger partial charge in [-0.3, -0.25) is 0 Å². The molecule has 0 aromatic heterocycles. The summed E-state index contributed by atoms with van der Waals surface area (Å²) >= 11 is 0. The SMILES string of the molecule is C#CC1O[C@H](C)C[C@@H](C)O1. The van der Waals surface area contributed by atoms with Gasteiger partial charge < -0.3 is 9.47 Å². The van der Waals surface area contributed by atoms with Crippen molar-refractivity contribution in [2.75, 3.05) is 0 Å². The van der Waals surface area contributed by atoms with Gasteiger partial charge in [-0.2, -0.15) is 0 Å². The molecule has 0 aromatic carbocycles. The fourth-order valence-corrected chi connectivity index (χ4v) is 1.11. The molecule has 0 saturated carbocycles. The minimum atomic E-state index is -0.432. The molecule has 1 saturated heterocycles. The quantitative estimate of drug-likeness (QED) is 0.470. The zero-order chi connectivity index (χ0) is 7.56. The monoisotopic (exact) mass is 140 g/mol. The molecule has 2 heteroatoms. The van der Waals surface area contributed by atoms with Crippen LogP contribution in [0, 0.1) is 12.3 Å². The van der Waals surface area contributed by atoms with Gasteiger partial charge in [-0.05, 0) is 26.2 Å². The third kappa shape index (κ3) is 1.73. The van der Waals surface area contributed by atoms with Crippen molar-refractivity contribution < 1.29 is 9.47 Å². The van der Waals surface area contributed by atoms with E-state index in [1.165, 1.54) is 0 Å². The molecule has 10 heavy (non-hydrogen) atoms. The molecule has 0 bridgehead atoms. The van der Waals surface area contributed by atoms with Crippen LogP contribution in [0.25, 0.3) is 0 Å². The lowest BCUT2D eigenvalue weighted by atomic mass is 10.2. The Hall–Kier alpha value is -0.520. The highest BCUT2D eigenvalue weighted by atomic mass is 16.7. The van der Waals surface area contributed by atoms with Crippen molar-refractivity contribution in [1.29, 1.82) is 0 Å². The summed E-state index contributed by atoms with van der Waals surface area (Å²) in [7, 11) is 0. The molecule has 1 aliphatic heterocycles. The highest BCUT2D eigenvalue weighted by molar-refractivity contribution is 4.91. The zero-order valence-corrected chi connectivity index (χ0v) is 6.33. The highest BCUT2D eigenvalue weighted by Crippen LogP contribution is 2.16. The number of hydrogen-bond acceptors (Lipinski definition) is 2. The lowest BCUT2D eigenvalue weighted by Gasteiger charge is -2.29. The molecule has 0 aliphatic carbocycles. The van der Waals surface area contributed by atoms with Gasteiger partial charge in [0.1, 0.15) is 0 Å². The zero-order valence-electron chi connectivity index (χ0n) is 6.33. The summed E-state index contributed by atoms with van der Waals surface area (Å²) in [6.07, 6.45) is 6.08. The molecule has 0 unspecified atom stereocenters. The Morgan fingerprint density at radius 1 is 1.30 bits per heavy atom. The largest absolute Gasteiger partial charge is 0.339 e. The second-order valence-corrected chi connectivity index (χ2v) is 2.63. The van der Waals surface area contributed by atoms with Gasteiger partial charge in [0.05, 0.1) is 12.2 Å². The summed E-state index contributed by atoms with van der Waals surface area (Å²) < 4.78 is 10.5. The van der Waals surface area contributed by atoms with E-state index in [2.05, 4.69) is 5.92 Å². The first-order chi connectivity index (χ1) is 4.72. The Morgan fingerprint density at radius 3 is 2.20 bits per heavy atom. The van der Waals surface area contributed by atoms with E-state index in [1.54, 1.807) is 0 Å². The predicted molar refractivity (Wildman–Crippen MR) is 38.3 cm³/mol. The lowest BCUT2D eigenvalue weighted by molar-refractivity contribution is -0.204. The minimum absolute atomic E-state index is 0.227. The third-order valence-corrected chi connectivity index (χ3v) is 1.51. The Balaban J connectivity index is 2.44. The van der Waals surface area contributed by atoms with E-state index in [1.807, 2.05) is 13.8 Å². The molecule has 2 nitrogen and oxygen atoms in total. The maximum absolute atomic E-state index is 5.25. The van der Waals surface area contributed by atoms with Gasteiger partial charge in [0.25, 0.3) is 0 Å². The third-order valence-electron chi connectivity index (χ3n) is 1.51. The maximum Gasteiger partial charge on any atom is 0.222 e. The molecule has 1 fully saturated rings. The average Bonchev–Trinajstić information content (AvgIpc) is 1.85. The molecule has 0 radical (unpaired) electrons. The normalized spacial score (nSPS) is 40.7. The summed E-state index contributed by atoms with van der Waals surface area (Å²) in [4.78, 5) is 0. The van der Waals surface area contributed by atoms with E-state index in [0.717, 1.165) is 6.42 Å². The fourth-order valence-electron chi connectivity index (χ4n) is 1.11. The summed E-state index contributed by atoms with van der Waals surface area (Å²) in [6, 6.07) is 0. The van der Waals surface area contributed by atoms with Gasteiger partial charge >= 0.3 is 0 Å². The Bertz CT molecular complexity index is 138. The van der Waals surface area contributed by atoms with Crippen LogP contribution < -0.4 is 0 Å². The molecule has 0 amide bonds. The van der Waals surface area contributed by atoms with Crippen LogP contribution in [0.5, 0.6) is 0 Å². The first-order valence-electron chi connectivity index (χ1n) is 3.49. The molecule has 1 heterocycles. The topological polar surface area (TPSA) is 18.5 Å². The van der Waals surface area contributed by atoms with Crippen LogP contribution in [-0.2, 0) is 9.47 Å². The summed E-state index contributed by atoms with van der Waals surface area (Å²) in [6.45, 7) is 4.01. The Morgan fingerprint density at radius 2 is 1.80 bits per heavy atom. The van der Waals surface area contributed by atoms with Crippen LogP contribution in [0.1, 0.15) is 20.3 Å². The molecule has 0 N–H and O–H groups in total. The molecule has 0 spiro atoms. The summed E-state index contributed by atoms with van der Waals surface area (Å²) in [5, 5.41) is 0. The van der Waals surface area contributed by atoms with Crippen LogP contribution in [-0.4, -0.2) is 18.5 Å². The lowest BCUT2D eigenvalue weighted by Crippen LogP contribution is -2.34. The van der Waals surface area contributed by atoms with Crippen molar-refractivity contribution in [2.24, 2.45) is 0 Å². The maximum atomic E-state index is 5.25.